The van der Waals surface area contributed by atoms with Crippen LogP contribution in [0.1, 0.15) is 20.8 Å². The van der Waals surface area contributed by atoms with Gasteiger partial charge in [0.2, 0.25) is 11.8 Å². The zero-order valence-electron chi connectivity index (χ0n) is 9.26. The summed E-state index contributed by atoms with van der Waals surface area (Å²) in [6, 6.07) is 0. The Labute approximate surface area is 97.4 Å². The molecule has 2 aliphatic rings. The summed E-state index contributed by atoms with van der Waals surface area (Å²) in [6.45, 7) is 5.75. The molecule has 1 fully saturated rings. The highest BCUT2D eigenvalue weighted by Crippen LogP contribution is 2.51. The molecule has 6 heteroatoms. The van der Waals surface area contributed by atoms with Crippen molar-refractivity contribution in [1.29, 1.82) is 0 Å². The van der Waals surface area contributed by atoms with Crippen LogP contribution in [0.3, 0.4) is 0 Å². The molecule has 0 aromatic rings. The molecule has 0 spiro atoms. The van der Waals surface area contributed by atoms with Crippen molar-refractivity contribution in [3.8, 4) is 0 Å². The predicted octanol–water partition coefficient (Wildman–Crippen LogP) is 2.06. The smallest absolute Gasteiger partial charge is 0.449 e. The molecule has 0 radical (unpaired) electrons. The van der Waals surface area contributed by atoms with E-state index in [-0.39, 0.29) is 29.0 Å². The fraction of sp³-hybridized carbons (Fsp3) is 0.600. The van der Waals surface area contributed by atoms with Crippen molar-refractivity contribution in [3.63, 3.8) is 0 Å². The summed E-state index contributed by atoms with van der Waals surface area (Å²) in [5, 5.41) is 8.59. The van der Waals surface area contributed by atoms with E-state index in [1.165, 1.54) is 16.7 Å². The lowest BCUT2D eigenvalue weighted by Gasteiger charge is -2.43. The van der Waals surface area contributed by atoms with Crippen LogP contribution >= 0.6 is 11.8 Å². The van der Waals surface area contributed by atoms with Gasteiger partial charge in [-0.2, -0.15) is 0 Å². The lowest BCUT2D eigenvalue weighted by Crippen LogP contribution is -2.58. The molecule has 2 rings (SSSR count). The quantitative estimate of drug-likeness (QED) is 0.594. The zero-order chi connectivity index (χ0) is 12.0. The number of allylic oxidation sites excluding steroid dienone is 1. The Morgan fingerprint density at radius 1 is 1.56 bits per heavy atom. The average Bonchev–Trinajstić information content (AvgIpc) is 2.38. The standard InChI is InChI=1S/C10H13NO4S/c1-4(2)6-7(12)11-8(15-10(13)14)5(3)16-9(6)11/h4,6,9H,1-3H3,(H,13,14)/t6?,9-/m0/s1. The number of carboxylic acid groups (broad SMARTS) is 1. The van der Waals surface area contributed by atoms with E-state index in [4.69, 9.17) is 5.11 Å². The van der Waals surface area contributed by atoms with Gasteiger partial charge in [0.25, 0.3) is 0 Å². The van der Waals surface area contributed by atoms with Crippen molar-refractivity contribution in [2.45, 2.75) is 26.1 Å². The third-order valence-corrected chi connectivity index (χ3v) is 4.08. The SMILES string of the molecule is CC1=C(OC(=O)O)N2C(=O)C(C(C)C)[C@@H]2S1. The van der Waals surface area contributed by atoms with Crippen LogP contribution in [-0.2, 0) is 9.53 Å². The van der Waals surface area contributed by atoms with Gasteiger partial charge in [0, 0.05) is 4.91 Å². The molecule has 1 saturated heterocycles. The molecule has 0 aliphatic carbocycles. The maximum absolute atomic E-state index is 11.8. The highest BCUT2D eigenvalue weighted by molar-refractivity contribution is 8.04. The second kappa shape index (κ2) is 3.69. The fourth-order valence-corrected chi connectivity index (χ4v) is 3.53. The van der Waals surface area contributed by atoms with Crippen molar-refractivity contribution in [2.75, 3.05) is 0 Å². The summed E-state index contributed by atoms with van der Waals surface area (Å²) < 4.78 is 4.64. The molecule has 2 atom stereocenters. The van der Waals surface area contributed by atoms with E-state index in [1.807, 2.05) is 13.8 Å². The number of nitrogens with zero attached hydrogens (tertiary/aromatic N) is 1. The van der Waals surface area contributed by atoms with Crippen LogP contribution in [0.25, 0.3) is 0 Å². The summed E-state index contributed by atoms with van der Waals surface area (Å²) in [4.78, 5) is 24.5. The fourth-order valence-electron chi connectivity index (χ4n) is 2.05. The maximum atomic E-state index is 11.8. The number of hydrogen-bond donors (Lipinski definition) is 1. The van der Waals surface area contributed by atoms with E-state index in [9.17, 15) is 9.59 Å². The predicted molar refractivity (Wildman–Crippen MR) is 58.4 cm³/mol. The molecular weight excluding hydrogens is 230 g/mol. The second-order valence-corrected chi connectivity index (χ2v) is 5.55. The van der Waals surface area contributed by atoms with Gasteiger partial charge in [-0.05, 0) is 12.8 Å². The third kappa shape index (κ3) is 1.48. The number of β-lactam (4-membered cyclic amide) rings is 1. The summed E-state index contributed by atoms with van der Waals surface area (Å²) in [7, 11) is 0. The van der Waals surface area contributed by atoms with Gasteiger partial charge in [0.15, 0.2) is 0 Å². The molecule has 88 valence electrons. The van der Waals surface area contributed by atoms with Gasteiger partial charge in [-0.15, -0.1) is 0 Å². The number of carbonyl (C=O) groups excluding carboxylic acids is 1. The number of hydrogen-bond acceptors (Lipinski definition) is 4. The maximum Gasteiger partial charge on any atom is 0.512 e. The summed E-state index contributed by atoms with van der Waals surface area (Å²) >= 11 is 1.50. The molecule has 5 nitrogen and oxygen atoms in total. The minimum absolute atomic E-state index is 0.0156. The second-order valence-electron chi connectivity index (χ2n) is 4.22. The van der Waals surface area contributed by atoms with Crippen molar-refractivity contribution in [3.05, 3.63) is 10.8 Å². The Morgan fingerprint density at radius 3 is 2.69 bits per heavy atom. The van der Waals surface area contributed by atoms with Gasteiger partial charge in [0.1, 0.15) is 5.37 Å². The lowest BCUT2D eigenvalue weighted by atomic mass is 9.87. The topological polar surface area (TPSA) is 66.8 Å². The molecule has 1 N–H and O–H groups in total. The van der Waals surface area contributed by atoms with Gasteiger partial charge in [0.05, 0.1) is 5.92 Å². The highest BCUT2D eigenvalue weighted by Gasteiger charge is 2.55. The summed E-state index contributed by atoms with van der Waals surface area (Å²) in [6.07, 6.45) is -1.38. The minimum Gasteiger partial charge on any atom is -0.449 e. The first-order chi connectivity index (χ1) is 7.43. The first kappa shape index (κ1) is 11.3. The van der Waals surface area contributed by atoms with Crippen molar-refractivity contribution in [2.24, 2.45) is 11.8 Å². The van der Waals surface area contributed by atoms with E-state index in [0.717, 1.165) is 4.91 Å². The first-order valence-electron chi connectivity index (χ1n) is 5.05. The number of amides is 1. The molecule has 1 amide bonds. The summed E-state index contributed by atoms with van der Waals surface area (Å²) in [5.41, 5.74) is 0. The van der Waals surface area contributed by atoms with Crippen LogP contribution in [0.4, 0.5) is 4.79 Å². The van der Waals surface area contributed by atoms with E-state index in [1.54, 1.807) is 6.92 Å². The minimum atomic E-state index is -1.38. The van der Waals surface area contributed by atoms with Crippen molar-refractivity contribution in [1.82, 2.24) is 4.90 Å². The van der Waals surface area contributed by atoms with Crippen molar-refractivity contribution < 1.29 is 19.4 Å². The monoisotopic (exact) mass is 243 g/mol. The molecule has 1 unspecified atom stereocenters. The molecule has 0 bridgehead atoms. The number of carbonyl (C=O) groups is 2. The average molecular weight is 243 g/mol. The van der Waals surface area contributed by atoms with Crippen LogP contribution in [0.15, 0.2) is 10.8 Å². The van der Waals surface area contributed by atoms with Crippen LogP contribution in [-0.4, -0.2) is 27.4 Å². The Morgan fingerprint density at radius 2 is 2.19 bits per heavy atom. The molecule has 2 heterocycles. The van der Waals surface area contributed by atoms with Crippen LogP contribution in [0, 0.1) is 11.8 Å². The Balaban J connectivity index is 2.17. The van der Waals surface area contributed by atoms with E-state index < -0.39 is 6.16 Å². The van der Waals surface area contributed by atoms with Gasteiger partial charge in [-0.25, -0.2) is 4.79 Å². The molecule has 0 aromatic carbocycles. The molecule has 0 aromatic heterocycles. The van der Waals surface area contributed by atoms with Gasteiger partial charge in [-0.1, -0.05) is 25.6 Å². The zero-order valence-corrected chi connectivity index (χ0v) is 10.1. The van der Waals surface area contributed by atoms with E-state index in [2.05, 4.69) is 4.74 Å². The van der Waals surface area contributed by atoms with Gasteiger partial charge < -0.3 is 9.84 Å². The highest BCUT2D eigenvalue weighted by atomic mass is 32.2. The molecular formula is C10H13NO4S. The Hall–Kier alpha value is -1.17. The molecule has 2 aliphatic heterocycles. The molecule has 16 heavy (non-hydrogen) atoms. The van der Waals surface area contributed by atoms with Crippen LogP contribution in [0.2, 0.25) is 0 Å². The first-order valence-corrected chi connectivity index (χ1v) is 5.93. The van der Waals surface area contributed by atoms with Gasteiger partial charge in [-0.3, -0.25) is 9.69 Å². The van der Waals surface area contributed by atoms with Crippen LogP contribution < -0.4 is 0 Å². The van der Waals surface area contributed by atoms with E-state index >= 15 is 0 Å². The Kier molecular flexibility index (Phi) is 2.61. The number of rotatable bonds is 2. The largest absolute Gasteiger partial charge is 0.512 e. The van der Waals surface area contributed by atoms with Crippen LogP contribution in [0.5, 0.6) is 0 Å². The number of fused-ring (bicyclic) bond motifs is 1. The van der Waals surface area contributed by atoms with E-state index in [0.29, 0.717) is 0 Å². The molecule has 0 saturated carbocycles. The van der Waals surface area contributed by atoms with Gasteiger partial charge >= 0.3 is 6.16 Å². The normalized spacial score (nSPS) is 28.2. The lowest BCUT2D eigenvalue weighted by molar-refractivity contribution is -0.152. The number of thioether (sulfide) groups is 1. The summed E-state index contributed by atoms with van der Waals surface area (Å²) in [5.74, 6) is 0.373. The van der Waals surface area contributed by atoms with Crippen molar-refractivity contribution >= 4 is 23.8 Å². The third-order valence-electron chi connectivity index (χ3n) is 2.80. The Bertz CT molecular complexity index is 390. The number of ether oxygens (including phenoxy) is 1.